The van der Waals surface area contributed by atoms with Crippen molar-refractivity contribution in [2.75, 3.05) is 12.5 Å². The van der Waals surface area contributed by atoms with E-state index in [9.17, 15) is 4.79 Å². The van der Waals surface area contributed by atoms with Gasteiger partial charge in [-0.2, -0.15) is 5.10 Å². The summed E-state index contributed by atoms with van der Waals surface area (Å²) < 4.78 is 11.2. The van der Waals surface area contributed by atoms with Gasteiger partial charge in [0.15, 0.2) is 11.5 Å². The number of anilines is 1. The summed E-state index contributed by atoms with van der Waals surface area (Å²) >= 11 is 0. The van der Waals surface area contributed by atoms with Gasteiger partial charge >= 0.3 is 0 Å². The van der Waals surface area contributed by atoms with Gasteiger partial charge in [0.1, 0.15) is 12.8 Å². The Morgan fingerprint density at radius 2 is 2.04 bits per heavy atom. The van der Waals surface area contributed by atoms with E-state index in [1.807, 2.05) is 42.5 Å². The molecule has 0 spiro atoms. The monoisotopic (exact) mass is 351 g/mol. The summed E-state index contributed by atoms with van der Waals surface area (Å²) in [6, 6.07) is 15.3. The van der Waals surface area contributed by atoms with Gasteiger partial charge in [0.05, 0.1) is 13.3 Å². The highest BCUT2D eigenvalue weighted by molar-refractivity contribution is 5.81. The van der Waals surface area contributed by atoms with Gasteiger partial charge in [0, 0.05) is 0 Å². The lowest BCUT2D eigenvalue weighted by Gasteiger charge is -2.11. The number of hydrogen-bond donors (Lipinski definition) is 2. The number of hydrogen-bond acceptors (Lipinski definition) is 7. The van der Waals surface area contributed by atoms with Gasteiger partial charge in [-0.1, -0.05) is 30.3 Å². The molecule has 26 heavy (non-hydrogen) atoms. The van der Waals surface area contributed by atoms with Gasteiger partial charge in [-0.05, 0) is 29.3 Å². The van der Waals surface area contributed by atoms with Crippen LogP contribution in [-0.4, -0.2) is 28.5 Å². The molecule has 8 heteroatoms. The smallest absolute Gasteiger partial charge is 0.271 e. The van der Waals surface area contributed by atoms with Crippen LogP contribution in [0.5, 0.6) is 11.5 Å². The Bertz CT molecular complexity index is 941. The molecule has 0 saturated heterocycles. The number of aromatic nitrogens is 3. The molecule has 0 atom stereocenters. The Morgan fingerprint density at radius 1 is 1.19 bits per heavy atom. The molecule has 0 aliphatic rings. The van der Waals surface area contributed by atoms with E-state index >= 15 is 0 Å². The molecule has 3 aromatic rings. The molecule has 0 unspecified atom stereocenters. The molecule has 132 valence electrons. The molecule has 2 aromatic carbocycles. The lowest BCUT2D eigenvalue weighted by molar-refractivity contribution is 0.284. The highest BCUT2D eigenvalue weighted by atomic mass is 16.5. The second kappa shape index (κ2) is 8.43. The average Bonchev–Trinajstić information content (AvgIpc) is 2.67. The fourth-order valence-electron chi connectivity index (χ4n) is 2.15. The molecule has 0 amide bonds. The SMILES string of the molecule is COc1cc(/C=N/Nc2nncc(=O)[nH]2)ccc1OCc1ccccc1. The van der Waals surface area contributed by atoms with Crippen LogP contribution in [0.15, 0.2) is 64.6 Å². The van der Waals surface area contributed by atoms with E-state index in [2.05, 4.69) is 25.7 Å². The number of H-pyrrole nitrogens is 1. The van der Waals surface area contributed by atoms with Crippen molar-refractivity contribution < 1.29 is 9.47 Å². The Labute approximate surface area is 149 Å². The van der Waals surface area contributed by atoms with Crippen molar-refractivity contribution >= 4 is 12.2 Å². The van der Waals surface area contributed by atoms with Crippen molar-refractivity contribution in [2.24, 2.45) is 5.10 Å². The first-order chi connectivity index (χ1) is 12.7. The van der Waals surface area contributed by atoms with Crippen molar-refractivity contribution in [2.45, 2.75) is 6.61 Å². The third-order valence-corrected chi connectivity index (χ3v) is 3.38. The predicted molar refractivity (Wildman–Crippen MR) is 97.6 cm³/mol. The molecule has 2 N–H and O–H groups in total. The normalized spacial score (nSPS) is 10.7. The summed E-state index contributed by atoms with van der Waals surface area (Å²) in [5.74, 6) is 1.39. The lowest BCUT2D eigenvalue weighted by atomic mass is 10.2. The van der Waals surface area contributed by atoms with Crippen LogP contribution in [0.3, 0.4) is 0 Å². The van der Waals surface area contributed by atoms with Crippen LogP contribution in [-0.2, 0) is 6.61 Å². The Hall–Kier alpha value is -3.68. The molecule has 0 radical (unpaired) electrons. The van der Waals surface area contributed by atoms with Gasteiger partial charge in [-0.25, -0.2) is 5.43 Å². The number of hydrazone groups is 1. The maximum Gasteiger partial charge on any atom is 0.271 e. The summed E-state index contributed by atoms with van der Waals surface area (Å²) in [4.78, 5) is 13.6. The number of aromatic amines is 1. The Balaban J connectivity index is 1.66. The van der Waals surface area contributed by atoms with Crippen LogP contribution >= 0.6 is 0 Å². The van der Waals surface area contributed by atoms with Crippen LogP contribution in [0, 0.1) is 0 Å². The first-order valence-electron chi connectivity index (χ1n) is 7.80. The summed E-state index contributed by atoms with van der Waals surface area (Å²) in [5.41, 5.74) is 4.10. The number of methoxy groups -OCH3 is 1. The number of nitrogens with one attached hydrogen (secondary N) is 2. The molecular weight excluding hydrogens is 334 g/mol. The highest BCUT2D eigenvalue weighted by Crippen LogP contribution is 2.28. The third-order valence-electron chi connectivity index (χ3n) is 3.38. The first kappa shape index (κ1) is 17.2. The predicted octanol–water partition coefficient (Wildman–Crippen LogP) is 2.20. The van der Waals surface area contributed by atoms with Gasteiger partial charge in [-0.3, -0.25) is 9.78 Å². The fraction of sp³-hybridized carbons (Fsp3) is 0.111. The van der Waals surface area contributed by atoms with E-state index in [1.54, 1.807) is 19.4 Å². The molecule has 0 bridgehead atoms. The molecule has 3 rings (SSSR count). The quantitative estimate of drug-likeness (QED) is 0.500. The van der Waals surface area contributed by atoms with Crippen molar-refractivity contribution in [3.8, 4) is 11.5 Å². The molecule has 0 saturated carbocycles. The maximum absolute atomic E-state index is 11.1. The van der Waals surface area contributed by atoms with E-state index in [0.717, 1.165) is 17.3 Å². The zero-order valence-electron chi connectivity index (χ0n) is 14.0. The Morgan fingerprint density at radius 3 is 2.81 bits per heavy atom. The minimum Gasteiger partial charge on any atom is -0.493 e. The Kier molecular flexibility index (Phi) is 5.56. The standard InChI is InChI=1S/C18H17N5O3/c1-25-16-9-14(10-19-22-18-21-17(24)11-20-23-18)7-8-15(16)26-12-13-5-3-2-4-6-13/h2-11H,12H2,1H3,(H2,21,22,23,24)/b19-10+. The molecule has 0 aliphatic heterocycles. The second-order valence-electron chi connectivity index (χ2n) is 5.24. The van der Waals surface area contributed by atoms with Crippen LogP contribution in [0.25, 0.3) is 0 Å². The summed E-state index contributed by atoms with van der Waals surface area (Å²) in [5, 5.41) is 11.2. The zero-order chi connectivity index (χ0) is 18.2. The van der Waals surface area contributed by atoms with Crippen molar-refractivity contribution in [3.63, 3.8) is 0 Å². The first-order valence-corrected chi connectivity index (χ1v) is 7.80. The summed E-state index contributed by atoms with van der Waals surface area (Å²) in [6.45, 7) is 0.451. The largest absolute Gasteiger partial charge is 0.493 e. The number of nitrogens with zero attached hydrogens (tertiary/aromatic N) is 3. The molecule has 8 nitrogen and oxygen atoms in total. The van der Waals surface area contributed by atoms with Crippen LogP contribution in [0.2, 0.25) is 0 Å². The van der Waals surface area contributed by atoms with Crippen molar-refractivity contribution in [1.29, 1.82) is 0 Å². The van der Waals surface area contributed by atoms with E-state index in [0.29, 0.717) is 18.1 Å². The number of benzene rings is 2. The second-order valence-corrected chi connectivity index (χ2v) is 5.24. The molecule has 0 aliphatic carbocycles. The van der Waals surface area contributed by atoms with Crippen LogP contribution in [0.4, 0.5) is 5.95 Å². The van der Waals surface area contributed by atoms with Crippen LogP contribution in [0.1, 0.15) is 11.1 Å². The van der Waals surface area contributed by atoms with Gasteiger partial charge in [0.2, 0.25) is 5.95 Å². The third kappa shape index (κ3) is 4.67. The minimum absolute atomic E-state index is 0.156. The summed E-state index contributed by atoms with van der Waals surface area (Å²) in [6.07, 6.45) is 2.64. The number of rotatable bonds is 7. The van der Waals surface area contributed by atoms with E-state index in [-0.39, 0.29) is 11.5 Å². The van der Waals surface area contributed by atoms with Crippen molar-refractivity contribution in [1.82, 2.24) is 15.2 Å². The molecular formula is C18H17N5O3. The van der Waals surface area contributed by atoms with E-state index in [4.69, 9.17) is 9.47 Å². The fourth-order valence-corrected chi connectivity index (χ4v) is 2.15. The zero-order valence-corrected chi connectivity index (χ0v) is 14.0. The van der Waals surface area contributed by atoms with Gasteiger partial charge < -0.3 is 9.47 Å². The lowest BCUT2D eigenvalue weighted by Crippen LogP contribution is -2.10. The van der Waals surface area contributed by atoms with Crippen molar-refractivity contribution in [3.05, 3.63) is 76.2 Å². The topological polar surface area (TPSA) is 101 Å². The summed E-state index contributed by atoms with van der Waals surface area (Å²) in [7, 11) is 1.58. The maximum atomic E-state index is 11.1. The average molecular weight is 351 g/mol. The van der Waals surface area contributed by atoms with E-state index in [1.165, 1.54) is 0 Å². The highest BCUT2D eigenvalue weighted by Gasteiger charge is 2.05. The number of ether oxygens (including phenoxy) is 2. The van der Waals surface area contributed by atoms with Crippen LogP contribution < -0.4 is 20.5 Å². The molecule has 1 heterocycles. The minimum atomic E-state index is -0.362. The van der Waals surface area contributed by atoms with Gasteiger partial charge in [0.25, 0.3) is 5.56 Å². The molecule has 1 aromatic heterocycles. The van der Waals surface area contributed by atoms with E-state index < -0.39 is 0 Å². The van der Waals surface area contributed by atoms with Gasteiger partial charge in [-0.15, -0.1) is 10.2 Å². The molecule has 0 fully saturated rings.